The van der Waals surface area contributed by atoms with E-state index in [1.165, 1.54) is 51.6 Å². The van der Waals surface area contributed by atoms with Gasteiger partial charge in [-0.2, -0.15) is 0 Å². The number of piperazine rings is 1. The maximum atomic E-state index is 5.61. The van der Waals surface area contributed by atoms with Crippen molar-refractivity contribution in [2.24, 2.45) is 0 Å². The molecule has 1 saturated carbocycles. The van der Waals surface area contributed by atoms with Crippen LogP contribution in [0.3, 0.4) is 0 Å². The molecule has 2 rings (SSSR count). The van der Waals surface area contributed by atoms with Crippen LogP contribution < -0.4 is 5.32 Å². The van der Waals surface area contributed by atoms with Crippen molar-refractivity contribution >= 4 is 0 Å². The highest BCUT2D eigenvalue weighted by Gasteiger charge is 2.47. The fourth-order valence-electron chi connectivity index (χ4n) is 3.94. The average Bonchev–Trinajstić information content (AvgIpc) is 2.91. The first-order valence-corrected chi connectivity index (χ1v) is 8.28. The summed E-state index contributed by atoms with van der Waals surface area (Å²) in [6, 6.07) is 0. The second-order valence-electron chi connectivity index (χ2n) is 6.39. The van der Waals surface area contributed by atoms with Crippen LogP contribution in [0.25, 0.3) is 0 Å². The van der Waals surface area contributed by atoms with E-state index in [9.17, 15) is 0 Å². The summed E-state index contributed by atoms with van der Waals surface area (Å²) < 4.78 is 5.61. The summed E-state index contributed by atoms with van der Waals surface area (Å²) in [6.45, 7) is 12.0. The van der Waals surface area contributed by atoms with E-state index in [0.717, 1.165) is 19.8 Å². The molecule has 1 saturated heterocycles. The quantitative estimate of drug-likeness (QED) is 0.750. The van der Waals surface area contributed by atoms with Crippen molar-refractivity contribution in [1.82, 2.24) is 10.2 Å². The van der Waals surface area contributed by atoms with E-state index in [1.54, 1.807) is 0 Å². The minimum atomic E-state index is 0.333. The lowest BCUT2D eigenvalue weighted by Gasteiger charge is -2.53. The minimum absolute atomic E-state index is 0.333. The van der Waals surface area contributed by atoms with Crippen LogP contribution in [-0.2, 0) is 4.74 Å². The molecule has 3 nitrogen and oxygen atoms in total. The van der Waals surface area contributed by atoms with Gasteiger partial charge in [0.05, 0.1) is 6.61 Å². The van der Waals surface area contributed by atoms with Crippen molar-refractivity contribution in [2.45, 2.75) is 70.4 Å². The van der Waals surface area contributed by atoms with Crippen LogP contribution in [0.5, 0.6) is 0 Å². The average molecular weight is 268 g/mol. The molecule has 2 fully saturated rings. The second-order valence-corrected chi connectivity index (χ2v) is 6.39. The molecule has 0 atom stereocenters. The summed E-state index contributed by atoms with van der Waals surface area (Å²) in [4.78, 5) is 2.76. The molecule has 0 aromatic rings. The molecule has 0 bridgehead atoms. The highest BCUT2D eigenvalue weighted by molar-refractivity contribution is 5.06. The van der Waals surface area contributed by atoms with Gasteiger partial charge in [-0.1, -0.05) is 26.7 Å². The molecule has 0 amide bonds. The Morgan fingerprint density at radius 2 is 1.79 bits per heavy atom. The molecule has 0 aromatic heterocycles. The molecule has 3 heteroatoms. The maximum absolute atomic E-state index is 5.61. The summed E-state index contributed by atoms with van der Waals surface area (Å²) in [5.41, 5.74) is 0.769. The van der Waals surface area contributed by atoms with E-state index in [1.807, 2.05) is 0 Å². The van der Waals surface area contributed by atoms with Crippen LogP contribution in [0.15, 0.2) is 0 Å². The smallest absolute Gasteiger partial charge is 0.0593 e. The summed E-state index contributed by atoms with van der Waals surface area (Å²) in [7, 11) is 0. The van der Waals surface area contributed by atoms with E-state index < -0.39 is 0 Å². The Labute approximate surface area is 119 Å². The van der Waals surface area contributed by atoms with Crippen LogP contribution in [0, 0.1) is 0 Å². The van der Waals surface area contributed by atoms with E-state index in [0.29, 0.717) is 11.1 Å². The zero-order chi connectivity index (χ0) is 13.8. The Hall–Kier alpha value is -0.120. The molecule has 0 aromatic carbocycles. The highest BCUT2D eigenvalue weighted by atomic mass is 16.5. The van der Waals surface area contributed by atoms with Crippen LogP contribution in [0.2, 0.25) is 0 Å². The second kappa shape index (κ2) is 6.55. The predicted molar refractivity (Wildman–Crippen MR) is 80.6 cm³/mol. The first-order valence-electron chi connectivity index (χ1n) is 8.28. The van der Waals surface area contributed by atoms with E-state index >= 15 is 0 Å². The third kappa shape index (κ3) is 3.14. The van der Waals surface area contributed by atoms with Crippen molar-refractivity contribution < 1.29 is 4.74 Å². The Kier molecular flexibility index (Phi) is 5.27. The summed E-state index contributed by atoms with van der Waals surface area (Å²) in [5.74, 6) is 0. The third-order valence-electron chi connectivity index (χ3n) is 5.55. The lowest BCUT2D eigenvalue weighted by Crippen LogP contribution is -2.69. The topological polar surface area (TPSA) is 24.5 Å². The molecule has 19 heavy (non-hydrogen) atoms. The van der Waals surface area contributed by atoms with Gasteiger partial charge in [0, 0.05) is 37.3 Å². The van der Waals surface area contributed by atoms with Crippen LogP contribution in [0.1, 0.15) is 59.3 Å². The third-order valence-corrected chi connectivity index (χ3v) is 5.55. The molecule has 1 aliphatic carbocycles. The maximum Gasteiger partial charge on any atom is 0.0593 e. The number of hydrogen-bond acceptors (Lipinski definition) is 3. The molecule has 0 unspecified atom stereocenters. The lowest BCUT2D eigenvalue weighted by atomic mass is 9.82. The number of hydrogen-bond donors (Lipinski definition) is 1. The zero-order valence-electron chi connectivity index (χ0n) is 13.1. The molecule has 1 aliphatic heterocycles. The molecule has 0 radical (unpaired) electrons. The van der Waals surface area contributed by atoms with Crippen LogP contribution in [0.4, 0.5) is 0 Å². The highest BCUT2D eigenvalue weighted by Crippen LogP contribution is 2.39. The van der Waals surface area contributed by atoms with Crippen molar-refractivity contribution in [2.75, 3.05) is 32.8 Å². The van der Waals surface area contributed by atoms with Gasteiger partial charge in [-0.05, 0) is 32.6 Å². The Morgan fingerprint density at radius 3 is 2.37 bits per heavy atom. The van der Waals surface area contributed by atoms with Gasteiger partial charge in [-0.3, -0.25) is 4.90 Å². The Bertz CT molecular complexity index is 270. The number of ether oxygens (including phenoxy) is 1. The van der Waals surface area contributed by atoms with Crippen molar-refractivity contribution in [3.05, 3.63) is 0 Å². The first kappa shape index (κ1) is 15.3. The monoisotopic (exact) mass is 268 g/mol. The van der Waals surface area contributed by atoms with Gasteiger partial charge in [0.25, 0.3) is 0 Å². The number of nitrogens with one attached hydrogen (secondary N) is 1. The van der Waals surface area contributed by atoms with Crippen molar-refractivity contribution in [3.63, 3.8) is 0 Å². The minimum Gasteiger partial charge on any atom is -0.380 e. The van der Waals surface area contributed by atoms with Crippen LogP contribution in [-0.4, -0.2) is 48.8 Å². The SMILES string of the molecule is CCOCCN1CC(CC)(CC)NCC12CCCC2. The summed E-state index contributed by atoms with van der Waals surface area (Å²) in [6.07, 6.45) is 8.00. The number of rotatable bonds is 6. The zero-order valence-corrected chi connectivity index (χ0v) is 13.1. The van der Waals surface area contributed by atoms with Crippen molar-refractivity contribution in [1.29, 1.82) is 0 Å². The molecule has 112 valence electrons. The van der Waals surface area contributed by atoms with E-state index in [4.69, 9.17) is 4.74 Å². The Balaban J connectivity index is 2.05. The summed E-state index contributed by atoms with van der Waals surface area (Å²) in [5, 5.41) is 3.90. The van der Waals surface area contributed by atoms with E-state index in [-0.39, 0.29) is 0 Å². The molecular formula is C16H32N2O. The Morgan fingerprint density at radius 1 is 1.11 bits per heavy atom. The molecule has 1 spiro atoms. The van der Waals surface area contributed by atoms with Gasteiger partial charge >= 0.3 is 0 Å². The molecular weight excluding hydrogens is 236 g/mol. The van der Waals surface area contributed by atoms with Gasteiger partial charge in [0.1, 0.15) is 0 Å². The standard InChI is InChI=1S/C16H32N2O/c1-4-15(5-2)14-18(11-12-19-6-3)16(13-17-15)9-7-8-10-16/h17H,4-14H2,1-3H3. The number of nitrogens with zero attached hydrogens (tertiary/aromatic N) is 1. The molecule has 1 N–H and O–H groups in total. The van der Waals surface area contributed by atoms with Crippen molar-refractivity contribution in [3.8, 4) is 0 Å². The fourth-order valence-corrected chi connectivity index (χ4v) is 3.94. The van der Waals surface area contributed by atoms with Gasteiger partial charge in [0.2, 0.25) is 0 Å². The van der Waals surface area contributed by atoms with Gasteiger partial charge < -0.3 is 10.1 Å². The first-order chi connectivity index (χ1) is 9.20. The fraction of sp³-hybridized carbons (Fsp3) is 1.00. The molecule has 1 heterocycles. The van der Waals surface area contributed by atoms with E-state index in [2.05, 4.69) is 31.0 Å². The molecule has 2 aliphatic rings. The largest absolute Gasteiger partial charge is 0.380 e. The normalized spacial score (nSPS) is 26.1. The van der Waals surface area contributed by atoms with Gasteiger partial charge in [-0.25, -0.2) is 0 Å². The summed E-state index contributed by atoms with van der Waals surface area (Å²) >= 11 is 0. The predicted octanol–water partition coefficient (Wildman–Crippen LogP) is 2.80. The van der Waals surface area contributed by atoms with Crippen LogP contribution >= 0.6 is 0 Å². The van der Waals surface area contributed by atoms with Gasteiger partial charge in [-0.15, -0.1) is 0 Å². The van der Waals surface area contributed by atoms with Gasteiger partial charge in [0.15, 0.2) is 0 Å². The lowest BCUT2D eigenvalue weighted by molar-refractivity contribution is -0.0145.